The van der Waals surface area contributed by atoms with Crippen LogP contribution in [0.25, 0.3) is 11.3 Å². The molecule has 1 N–H and O–H groups in total. The fourth-order valence-electron chi connectivity index (χ4n) is 2.55. The van der Waals surface area contributed by atoms with E-state index < -0.39 is 0 Å². The van der Waals surface area contributed by atoms with E-state index in [1.807, 2.05) is 0 Å². The third kappa shape index (κ3) is 4.10. The largest absolute Gasteiger partial charge is 0.381 e. The highest BCUT2D eigenvalue weighted by Gasteiger charge is 2.21. The lowest BCUT2D eigenvalue weighted by Gasteiger charge is -2.21. The monoisotopic (exact) mass is 315 g/mol. The molecule has 23 heavy (non-hydrogen) atoms. The van der Waals surface area contributed by atoms with Gasteiger partial charge in [0.05, 0.1) is 17.9 Å². The Morgan fingerprint density at radius 2 is 1.96 bits per heavy atom. The van der Waals surface area contributed by atoms with Crippen LogP contribution in [0.4, 0.5) is 4.39 Å². The van der Waals surface area contributed by atoms with E-state index in [0.717, 1.165) is 24.1 Å². The van der Waals surface area contributed by atoms with E-state index in [-0.39, 0.29) is 17.6 Å². The van der Waals surface area contributed by atoms with Gasteiger partial charge in [0.15, 0.2) is 0 Å². The van der Waals surface area contributed by atoms with Crippen LogP contribution in [-0.4, -0.2) is 29.1 Å². The molecule has 3 rings (SSSR count). The Hall–Kier alpha value is -2.34. The van der Waals surface area contributed by atoms with E-state index in [9.17, 15) is 9.18 Å². The van der Waals surface area contributed by atoms with Gasteiger partial charge in [0, 0.05) is 24.7 Å². The summed E-state index contributed by atoms with van der Waals surface area (Å²) in [6, 6.07) is 7.93. The number of rotatable bonds is 4. The summed E-state index contributed by atoms with van der Waals surface area (Å²) in [7, 11) is 0. The topological polar surface area (TPSA) is 64.1 Å². The molecule has 0 spiro atoms. The minimum absolute atomic E-state index is 0.0159. The van der Waals surface area contributed by atoms with Gasteiger partial charge in [0.25, 0.3) is 0 Å². The average molecular weight is 315 g/mol. The predicted octanol–water partition coefficient (Wildman–Crippen LogP) is 2.33. The number of carbonyl (C=O) groups is 1. The highest BCUT2D eigenvalue weighted by Crippen LogP contribution is 2.18. The van der Waals surface area contributed by atoms with E-state index >= 15 is 0 Å². The molecule has 0 radical (unpaired) electrons. The first kappa shape index (κ1) is 15.6. The van der Waals surface area contributed by atoms with Crippen molar-refractivity contribution in [2.24, 2.45) is 5.92 Å². The Morgan fingerprint density at radius 3 is 2.70 bits per heavy atom. The number of aromatic nitrogens is 2. The fraction of sp³-hybridized carbons (Fsp3) is 0.353. The molecule has 1 amide bonds. The van der Waals surface area contributed by atoms with Crippen LogP contribution in [0.2, 0.25) is 0 Å². The second-order valence-electron chi connectivity index (χ2n) is 5.51. The standard InChI is InChI=1S/C17H18FN3O2/c18-14-3-1-12(2-4-14)16-9-15(20-11-21-16)10-19-17(22)13-5-7-23-8-6-13/h1-4,9,11,13H,5-8,10H2,(H,19,22). The van der Waals surface area contributed by atoms with Gasteiger partial charge in [0.1, 0.15) is 12.1 Å². The van der Waals surface area contributed by atoms with E-state index in [0.29, 0.717) is 25.5 Å². The van der Waals surface area contributed by atoms with Crippen molar-refractivity contribution >= 4 is 5.91 Å². The molecular formula is C17H18FN3O2. The number of halogens is 1. The molecule has 6 heteroatoms. The normalized spacial score (nSPS) is 15.3. The summed E-state index contributed by atoms with van der Waals surface area (Å²) in [6.07, 6.45) is 2.97. The molecular weight excluding hydrogens is 297 g/mol. The lowest BCUT2D eigenvalue weighted by Crippen LogP contribution is -2.34. The first-order valence-corrected chi connectivity index (χ1v) is 7.65. The molecule has 2 heterocycles. The summed E-state index contributed by atoms with van der Waals surface area (Å²) in [5, 5.41) is 2.91. The van der Waals surface area contributed by atoms with Crippen molar-refractivity contribution in [3.8, 4) is 11.3 Å². The Kier molecular flexibility index (Phi) is 4.92. The second-order valence-corrected chi connectivity index (χ2v) is 5.51. The van der Waals surface area contributed by atoms with Crippen molar-refractivity contribution in [3.05, 3.63) is 48.2 Å². The zero-order chi connectivity index (χ0) is 16.1. The number of benzene rings is 1. The van der Waals surface area contributed by atoms with Crippen LogP contribution in [0, 0.1) is 11.7 Å². The molecule has 1 aromatic carbocycles. The van der Waals surface area contributed by atoms with Crippen molar-refractivity contribution in [3.63, 3.8) is 0 Å². The molecule has 0 saturated carbocycles. The third-order valence-corrected chi connectivity index (χ3v) is 3.90. The number of amides is 1. The van der Waals surface area contributed by atoms with Crippen LogP contribution in [0.1, 0.15) is 18.5 Å². The molecule has 1 fully saturated rings. The predicted molar refractivity (Wildman–Crippen MR) is 82.8 cm³/mol. The first-order valence-electron chi connectivity index (χ1n) is 7.65. The van der Waals surface area contributed by atoms with Crippen LogP contribution in [-0.2, 0) is 16.1 Å². The Balaban J connectivity index is 1.63. The van der Waals surface area contributed by atoms with Gasteiger partial charge in [-0.15, -0.1) is 0 Å². The molecule has 120 valence electrons. The fourth-order valence-corrected chi connectivity index (χ4v) is 2.55. The van der Waals surface area contributed by atoms with Gasteiger partial charge in [-0.2, -0.15) is 0 Å². The molecule has 2 aromatic rings. The highest BCUT2D eigenvalue weighted by molar-refractivity contribution is 5.78. The molecule has 0 aliphatic carbocycles. The number of hydrogen-bond donors (Lipinski definition) is 1. The molecule has 0 unspecified atom stereocenters. The first-order chi connectivity index (χ1) is 11.2. The molecule has 0 bridgehead atoms. The average Bonchev–Trinajstić information content (AvgIpc) is 2.61. The summed E-state index contributed by atoms with van der Waals surface area (Å²) in [6.45, 7) is 1.63. The molecule has 5 nitrogen and oxygen atoms in total. The van der Waals surface area contributed by atoms with Gasteiger partial charge in [-0.1, -0.05) is 0 Å². The van der Waals surface area contributed by atoms with Gasteiger partial charge in [-0.05, 0) is 43.2 Å². The van der Waals surface area contributed by atoms with Gasteiger partial charge in [-0.25, -0.2) is 14.4 Å². The van der Waals surface area contributed by atoms with Gasteiger partial charge in [-0.3, -0.25) is 4.79 Å². The smallest absolute Gasteiger partial charge is 0.223 e. The van der Waals surface area contributed by atoms with E-state index in [2.05, 4.69) is 15.3 Å². The van der Waals surface area contributed by atoms with Crippen LogP contribution < -0.4 is 5.32 Å². The Morgan fingerprint density at radius 1 is 1.22 bits per heavy atom. The van der Waals surface area contributed by atoms with Crippen LogP contribution in [0.5, 0.6) is 0 Å². The van der Waals surface area contributed by atoms with Crippen molar-refractivity contribution in [1.29, 1.82) is 0 Å². The SMILES string of the molecule is O=C(NCc1cc(-c2ccc(F)cc2)ncn1)C1CCOCC1. The van der Waals surface area contributed by atoms with E-state index in [1.54, 1.807) is 18.2 Å². The quantitative estimate of drug-likeness (QED) is 0.940. The highest BCUT2D eigenvalue weighted by atomic mass is 19.1. The van der Waals surface area contributed by atoms with Crippen LogP contribution in [0.3, 0.4) is 0 Å². The second kappa shape index (κ2) is 7.28. The summed E-state index contributed by atoms with van der Waals surface area (Å²) >= 11 is 0. The maximum absolute atomic E-state index is 13.0. The van der Waals surface area contributed by atoms with Crippen molar-refractivity contribution in [2.45, 2.75) is 19.4 Å². The number of hydrogen-bond acceptors (Lipinski definition) is 4. The zero-order valence-electron chi connectivity index (χ0n) is 12.7. The summed E-state index contributed by atoms with van der Waals surface area (Å²) in [5.74, 6) is -0.232. The minimum Gasteiger partial charge on any atom is -0.381 e. The van der Waals surface area contributed by atoms with Crippen LogP contribution >= 0.6 is 0 Å². The number of nitrogens with one attached hydrogen (secondary N) is 1. The molecule has 1 aliphatic rings. The number of carbonyl (C=O) groups excluding carboxylic acids is 1. The maximum atomic E-state index is 13.0. The Labute approximate surface area is 133 Å². The number of nitrogens with zero attached hydrogens (tertiary/aromatic N) is 2. The van der Waals surface area contributed by atoms with E-state index in [1.165, 1.54) is 18.5 Å². The van der Waals surface area contributed by atoms with Gasteiger partial charge in [0.2, 0.25) is 5.91 Å². The van der Waals surface area contributed by atoms with E-state index in [4.69, 9.17) is 4.74 Å². The minimum atomic E-state index is -0.285. The van der Waals surface area contributed by atoms with Crippen molar-refractivity contribution in [1.82, 2.24) is 15.3 Å². The lowest BCUT2D eigenvalue weighted by molar-refractivity contribution is -0.128. The summed E-state index contributed by atoms with van der Waals surface area (Å²) in [4.78, 5) is 20.5. The zero-order valence-corrected chi connectivity index (χ0v) is 12.7. The summed E-state index contributed by atoms with van der Waals surface area (Å²) < 4.78 is 18.2. The lowest BCUT2D eigenvalue weighted by atomic mass is 9.99. The third-order valence-electron chi connectivity index (χ3n) is 3.90. The molecule has 1 saturated heterocycles. The Bertz CT molecular complexity index is 670. The van der Waals surface area contributed by atoms with Crippen LogP contribution in [0.15, 0.2) is 36.7 Å². The molecule has 1 aromatic heterocycles. The van der Waals surface area contributed by atoms with Crippen molar-refractivity contribution < 1.29 is 13.9 Å². The van der Waals surface area contributed by atoms with Gasteiger partial charge < -0.3 is 10.1 Å². The molecule has 0 atom stereocenters. The van der Waals surface area contributed by atoms with Gasteiger partial charge >= 0.3 is 0 Å². The maximum Gasteiger partial charge on any atom is 0.223 e. The molecule has 1 aliphatic heterocycles. The number of ether oxygens (including phenoxy) is 1. The summed E-state index contributed by atoms with van der Waals surface area (Å²) in [5.41, 5.74) is 2.24. The van der Waals surface area contributed by atoms with Crippen molar-refractivity contribution in [2.75, 3.05) is 13.2 Å².